The summed E-state index contributed by atoms with van der Waals surface area (Å²) in [5.41, 5.74) is 0.519. The molecule has 8 heteroatoms. The Kier molecular flexibility index (Phi) is 4.83. The highest BCUT2D eigenvalue weighted by atomic mass is 19.1. The normalized spacial score (nSPS) is 18.1. The van der Waals surface area contributed by atoms with Crippen LogP contribution in [0, 0.1) is 12.7 Å². The van der Waals surface area contributed by atoms with Gasteiger partial charge in [-0.1, -0.05) is 23.4 Å². The number of aliphatic hydroxyl groups is 1. The summed E-state index contributed by atoms with van der Waals surface area (Å²) in [4.78, 5) is 27.1. The van der Waals surface area contributed by atoms with Gasteiger partial charge in [0.1, 0.15) is 29.1 Å². The van der Waals surface area contributed by atoms with E-state index in [-0.39, 0.29) is 17.0 Å². The zero-order valence-electron chi connectivity index (χ0n) is 16.1. The van der Waals surface area contributed by atoms with E-state index >= 15 is 0 Å². The summed E-state index contributed by atoms with van der Waals surface area (Å²) >= 11 is 0. The summed E-state index contributed by atoms with van der Waals surface area (Å²) < 4.78 is 23.8. The molecule has 0 aliphatic carbocycles. The summed E-state index contributed by atoms with van der Waals surface area (Å²) in [5.74, 6) is -1.69. The minimum Gasteiger partial charge on any atom is -0.507 e. The van der Waals surface area contributed by atoms with Crippen molar-refractivity contribution in [1.29, 1.82) is 0 Å². The van der Waals surface area contributed by atoms with Crippen molar-refractivity contribution in [2.45, 2.75) is 13.0 Å². The largest absolute Gasteiger partial charge is 0.507 e. The first-order valence-corrected chi connectivity index (χ1v) is 9.05. The van der Waals surface area contributed by atoms with Gasteiger partial charge in [-0.15, -0.1) is 0 Å². The number of hydrogen-bond donors (Lipinski definition) is 1. The number of ketones is 1. The zero-order chi connectivity index (χ0) is 21.4. The third-order valence-corrected chi connectivity index (χ3v) is 4.86. The molecule has 2 aromatic carbocycles. The minimum absolute atomic E-state index is 0.128. The Hall–Kier alpha value is -3.94. The molecule has 1 amide bonds. The molecule has 0 spiro atoms. The third-order valence-electron chi connectivity index (χ3n) is 4.86. The SMILES string of the molecule is COc1ccccc1[C@H]1/C(=C(\O)c2ccc(F)cc2)C(=O)C(=O)N1c1cc(C)on1. The number of aryl methyl sites for hydroxylation is 1. The quantitative estimate of drug-likeness (QED) is 0.401. The average molecular weight is 408 g/mol. The van der Waals surface area contributed by atoms with Crippen LogP contribution in [0.2, 0.25) is 0 Å². The van der Waals surface area contributed by atoms with Crippen LogP contribution >= 0.6 is 0 Å². The number of hydrogen-bond acceptors (Lipinski definition) is 6. The molecule has 7 nitrogen and oxygen atoms in total. The highest BCUT2D eigenvalue weighted by Crippen LogP contribution is 2.44. The predicted molar refractivity (Wildman–Crippen MR) is 105 cm³/mol. The Morgan fingerprint density at radius 1 is 1.17 bits per heavy atom. The van der Waals surface area contributed by atoms with Crippen molar-refractivity contribution in [1.82, 2.24) is 5.16 Å². The molecule has 1 N–H and O–H groups in total. The lowest BCUT2D eigenvalue weighted by Gasteiger charge is -2.24. The fourth-order valence-corrected chi connectivity index (χ4v) is 3.49. The van der Waals surface area contributed by atoms with Crippen LogP contribution in [-0.4, -0.2) is 29.1 Å². The van der Waals surface area contributed by atoms with E-state index in [0.29, 0.717) is 17.1 Å². The van der Waals surface area contributed by atoms with Gasteiger partial charge in [-0.25, -0.2) is 4.39 Å². The number of methoxy groups -OCH3 is 1. The maximum atomic E-state index is 13.3. The van der Waals surface area contributed by atoms with Crippen LogP contribution in [0.15, 0.2) is 64.7 Å². The molecule has 1 aliphatic rings. The molecule has 0 unspecified atom stereocenters. The molecule has 3 aromatic rings. The van der Waals surface area contributed by atoms with Crippen molar-refractivity contribution < 1.29 is 28.3 Å². The molecular weight excluding hydrogens is 391 g/mol. The number of benzene rings is 2. The predicted octanol–water partition coefficient (Wildman–Crippen LogP) is 3.76. The van der Waals surface area contributed by atoms with E-state index in [0.717, 1.165) is 17.0 Å². The highest BCUT2D eigenvalue weighted by molar-refractivity contribution is 6.51. The molecule has 0 radical (unpaired) electrons. The topological polar surface area (TPSA) is 92.9 Å². The standard InChI is InChI=1S/C22H17FN2O5/c1-12-11-17(24-30-12)25-19(15-5-3-4-6-16(15)29-2)18(21(27)22(25)28)20(26)13-7-9-14(23)10-8-13/h3-11,19,26H,1-2H3/b20-18+/t19-/m0/s1. The van der Waals surface area contributed by atoms with E-state index in [4.69, 9.17) is 9.26 Å². The van der Waals surface area contributed by atoms with Crippen LogP contribution in [0.25, 0.3) is 5.76 Å². The monoisotopic (exact) mass is 408 g/mol. The van der Waals surface area contributed by atoms with Crippen LogP contribution in [0.1, 0.15) is 22.9 Å². The molecule has 152 valence electrons. The molecule has 2 heterocycles. The van der Waals surface area contributed by atoms with Gasteiger partial charge in [-0.2, -0.15) is 0 Å². The number of para-hydroxylation sites is 1. The molecule has 1 saturated heterocycles. The Balaban J connectivity index is 1.98. The van der Waals surface area contributed by atoms with Crippen LogP contribution in [0.5, 0.6) is 5.75 Å². The number of Topliss-reactive ketones (excluding diaryl/α,β-unsaturated/α-hetero) is 1. The van der Waals surface area contributed by atoms with Crippen molar-refractivity contribution >= 4 is 23.3 Å². The van der Waals surface area contributed by atoms with Gasteiger partial charge < -0.3 is 14.4 Å². The third kappa shape index (κ3) is 3.12. The van der Waals surface area contributed by atoms with Gasteiger partial charge >= 0.3 is 5.91 Å². The van der Waals surface area contributed by atoms with Crippen LogP contribution in [0.4, 0.5) is 10.2 Å². The molecule has 0 bridgehead atoms. The second-order valence-corrected chi connectivity index (χ2v) is 6.71. The van der Waals surface area contributed by atoms with Gasteiger partial charge in [-0.3, -0.25) is 14.5 Å². The summed E-state index contributed by atoms with van der Waals surface area (Å²) in [6.45, 7) is 1.66. The number of amides is 1. The molecule has 1 atom stereocenters. The summed E-state index contributed by atoms with van der Waals surface area (Å²) in [6.07, 6.45) is 0. The van der Waals surface area contributed by atoms with Gasteiger partial charge in [0.15, 0.2) is 5.82 Å². The first-order chi connectivity index (χ1) is 14.4. The lowest BCUT2D eigenvalue weighted by Crippen LogP contribution is -2.29. The van der Waals surface area contributed by atoms with E-state index < -0.39 is 29.3 Å². The van der Waals surface area contributed by atoms with Crippen LogP contribution in [-0.2, 0) is 9.59 Å². The number of carbonyl (C=O) groups excluding carboxylic acids is 2. The van der Waals surface area contributed by atoms with Crippen LogP contribution < -0.4 is 9.64 Å². The first-order valence-electron chi connectivity index (χ1n) is 9.05. The number of aromatic nitrogens is 1. The van der Waals surface area contributed by atoms with E-state index in [1.807, 2.05) is 0 Å². The van der Waals surface area contributed by atoms with Crippen molar-refractivity contribution in [3.8, 4) is 5.75 Å². The summed E-state index contributed by atoms with van der Waals surface area (Å²) in [7, 11) is 1.46. The number of nitrogens with zero attached hydrogens (tertiary/aromatic N) is 2. The first kappa shape index (κ1) is 19.4. The minimum atomic E-state index is -1.02. The number of aliphatic hydroxyl groups excluding tert-OH is 1. The molecule has 0 saturated carbocycles. The highest BCUT2D eigenvalue weighted by Gasteiger charge is 2.49. The lowest BCUT2D eigenvalue weighted by molar-refractivity contribution is -0.132. The number of halogens is 1. The summed E-state index contributed by atoms with van der Waals surface area (Å²) in [6, 6.07) is 12.3. The second kappa shape index (κ2) is 7.47. The van der Waals surface area contributed by atoms with Crippen molar-refractivity contribution in [2.75, 3.05) is 12.0 Å². The fourth-order valence-electron chi connectivity index (χ4n) is 3.49. The lowest BCUT2D eigenvalue weighted by atomic mass is 9.94. The fraction of sp³-hybridized carbons (Fsp3) is 0.136. The van der Waals surface area contributed by atoms with Gasteiger partial charge in [0.2, 0.25) is 0 Å². The summed E-state index contributed by atoms with van der Waals surface area (Å²) in [5, 5.41) is 14.8. The molecular formula is C22H17FN2O5. The van der Waals surface area contributed by atoms with Crippen molar-refractivity contribution in [3.63, 3.8) is 0 Å². The molecule has 1 aromatic heterocycles. The Bertz CT molecular complexity index is 1170. The molecule has 1 fully saturated rings. The Labute approximate surface area is 171 Å². The van der Waals surface area contributed by atoms with Gasteiger partial charge in [-0.05, 0) is 37.3 Å². The van der Waals surface area contributed by atoms with E-state index in [1.54, 1.807) is 31.2 Å². The number of anilines is 1. The van der Waals surface area contributed by atoms with E-state index in [1.165, 1.54) is 25.3 Å². The average Bonchev–Trinajstić information content (AvgIpc) is 3.29. The maximum Gasteiger partial charge on any atom is 0.301 e. The molecule has 4 rings (SSSR count). The van der Waals surface area contributed by atoms with Gasteiger partial charge in [0.05, 0.1) is 12.7 Å². The van der Waals surface area contributed by atoms with Gasteiger partial charge in [0.25, 0.3) is 5.78 Å². The smallest absolute Gasteiger partial charge is 0.301 e. The van der Waals surface area contributed by atoms with E-state index in [9.17, 15) is 19.1 Å². The van der Waals surface area contributed by atoms with Gasteiger partial charge in [0, 0.05) is 17.2 Å². The zero-order valence-corrected chi connectivity index (χ0v) is 16.1. The number of rotatable bonds is 4. The number of ether oxygens (including phenoxy) is 1. The van der Waals surface area contributed by atoms with E-state index in [2.05, 4.69) is 5.16 Å². The van der Waals surface area contributed by atoms with Crippen molar-refractivity contribution in [3.05, 3.63) is 82.9 Å². The molecule has 1 aliphatic heterocycles. The molecule has 30 heavy (non-hydrogen) atoms. The Morgan fingerprint density at radius 3 is 2.50 bits per heavy atom. The number of carbonyl (C=O) groups is 2. The van der Waals surface area contributed by atoms with Crippen LogP contribution in [0.3, 0.4) is 0 Å². The second-order valence-electron chi connectivity index (χ2n) is 6.71. The maximum absolute atomic E-state index is 13.3. The van der Waals surface area contributed by atoms with Crippen molar-refractivity contribution in [2.24, 2.45) is 0 Å². The Morgan fingerprint density at radius 2 is 1.87 bits per heavy atom.